The van der Waals surface area contributed by atoms with Crippen LogP contribution in [0.4, 0.5) is 31.9 Å². The Morgan fingerprint density at radius 2 is 1.59 bits per heavy atom. The van der Waals surface area contributed by atoms with Crippen molar-refractivity contribution in [2.75, 3.05) is 40.1 Å². The molecule has 3 aromatic rings. The highest BCUT2D eigenvalue weighted by molar-refractivity contribution is 7.13. The monoisotopic (exact) mass is 650 g/mol. The number of hydrogen-bond donors (Lipinski definition) is 2. The van der Waals surface area contributed by atoms with Gasteiger partial charge in [-0.05, 0) is 104 Å². The molecule has 1 saturated heterocycles. The molecule has 0 radical (unpaired) electrons. The van der Waals surface area contributed by atoms with E-state index < -0.39 is 23.4 Å². The zero-order chi connectivity index (χ0) is 33.6. The van der Waals surface area contributed by atoms with Crippen LogP contribution in [0.15, 0.2) is 41.8 Å². The summed E-state index contributed by atoms with van der Waals surface area (Å²) in [6.45, 7) is 17.0. The van der Waals surface area contributed by atoms with E-state index >= 15 is 0 Å². The molecule has 0 spiro atoms. The number of piperidine rings is 1. The first kappa shape index (κ1) is 34.7. The molecule has 0 bridgehead atoms. The lowest BCUT2D eigenvalue weighted by atomic mass is 9.99. The number of amides is 3. The second kappa shape index (κ2) is 14.5. The topological polar surface area (TPSA) is 126 Å². The molecule has 3 heterocycles. The number of carbonyl (C=O) groups excluding carboxylic acids is 3. The van der Waals surface area contributed by atoms with Crippen molar-refractivity contribution in [3.8, 4) is 0 Å². The molecule has 0 unspecified atom stereocenters. The molecule has 3 amide bonds. The molecule has 12 heteroatoms. The van der Waals surface area contributed by atoms with Crippen molar-refractivity contribution >= 4 is 51.8 Å². The summed E-state index contributed by atoms with van der Waals surface area (Å²) < 4.78 is 11.0. The van der Waals surface area contributed by atoms with Crippen LogP contribution >= 0.6 is 11.3 Å². The first-order chi connectivity index (χ1) is 21.6. The van der Waals surface area contributed by atoms with Crippen LogP contribution < -0.4 is 20.4 Å². The summed E-state index contributed by atoms with van der Waals surface area (Å²) in [6, 6.07) is 10.8. The molecule has 248 valence electrons. The van der Waals surface area contributed by atoms with Gasteiger partial charge >= 0.3 is 12.2 Å². The lowest BCUT2D eigenvalue weighted by Gasteiger charge is -2.32. The van der Waals surface area contributed by atoms with Crippen molar-refractivity contribution in [3.05, 3.63) is 58.7 Å². The SMILES string of the molecule is Cc1ccc(C(=O)Nc2ccc(N(CCc3csc(NC(=O)OC(C)(C)C)n3)C(=O)OC(C)(C)C)cc2)c(N2CCC(C)CC2)n1. The molecule has 11 nitrogen and oxygen atoms in total. The van der Waals surface area contributed by atoms with Crippen molar-refractivity contribution in [1.29, 1.82) is 0 Å². The number of nitrogens with one attached hydrogen (secondary N) is 2. The second-order valence-electron chi connectivity index (χ2n) is 13.6. The number of carbonyl (C=O) groups is 3. The largest absolute Gasteiger partial charge is 0.444 e. The number of nitrogens with zero attached hydrogens (tertiary/aromatic N) is 4. The van der Waals surface area contributed by atoms with Gasteiger partial charge in [0, 0.05) is 48.5 Å². The Morgan fingerprint density at radius 1 is 0.935 bits per heavy atom. The molecule has 1 aromatic carbocycles. The fraction of sp³-hybridized carbons (Fsp3) is 0.500. The number of hydrogen-bond acceptors (Lipinski definition) is 9. The molecular formula is C34H46N6O5S. The van der Waals surface area contributed by atoms with Gasteiger partial charge in [-0.2, -0.15) is 0 Å². The third-order valence-corrected chi connectivity index (χ3v) is 7.95. The van der Waals surface area contributed by atoms with Crippen molar-refractivity contribution < 1.29 is 23.9 Å². The maximum atomic E-state index is 13.4. The first-order valence-electron chi connectivity index (χ1n) is 15.7. The standard InChI is InChI=1S/C34H46N6O5S/c1-22-15-18-39(19-16-22)28-27(14-9-23(2)35-28)29(41)36-24-10-12-26(13-11-24)40(32(43)45-34(6,7)8)20-17-25-21-46-30(37-25)38-31(42)44-33(3,4)5/h9-14,21-22H,15-20H2,1-8H3,(H,36,41)(H,37,38,42). The van der Waals surface area contributed by atoms with Gasteiger partial charge in [0.25, 0.3) is 5.91 Å². The van der Waals surface area contributed by atoms with Crippen LogP contribution in [-0.4, -0.2) is 58.9 Å². The third kappa shape index (κ3) is 10.2. The number of aromatic nitrogens is 2. The number of rotatable bonds is 8. The summed E-state index contributed by atoms with van der Waals surface area (Å²) in [5, 5.41) is 7.89. The molecule has 1 fully saturated rings. The summed E-state index contributed by atoms with van der Waals surface area (Å²) in [7, 11) is 0. The molecule has 4 rings (SSSR count). The van der Waals surface area contributed by atoms with Gasteiger partial charge in [-0.25, -0.2) is 19.6 Å². The van der Waals surface area contributed by atoms with Crippen LogP contribution in [0.3, 0.4) is 0 Å². The fourth-order valence-electron chi connectivity index (χ4n) is 4.84. The van der Waals surface area contributed by atoms with Crippen LogP contribution in [0.2, 0.25) is 0 Å². The normalized spacial score (nSPS) is 14.0. The smallest absolute Gasteiger partial charge is 0.414 e. The lowest BCUT2D eigenvalue weighted by molar-refractivity contribution is 0.0578. The van der Waals surface area contributed by atoms with Crippen molar-refractivity contribution in [1.82, 2.24) is 9.97 Å². The lowest BCUT2D eigenvalue weighted by Crippen LogP contribution is -2.38. The molecule has 0 atom stereocenters. The quantitative estimate of drug-likeness (QED) is 0.254. The van der Waals surface area contributed by atoms with Gasteiger partial charge in [0.05, 0.1) is 11.3 Å². The Kier molecular flexibility index (Phi) is 10.9. The second-order valence-corrected chi connectivity index (χ2v) is 14.5. The van der Waals surface area contributed by atoms with Gasteiger partial charge in [0.2, 0.25) is 0 Å². The van der Waals surface area contributed by atoms with Gasteiger partial charge in [-0.3, -0.25) is 15.0 Å². The van der Waals surface area contributed by atoms with Crippen molar-refractivity contribution in [2.45, 2.75) is 85.9 Å². The van der Waals surface area contributed by atoms with Gasteiger partial charge in [0.1, 0.15) is 17.0 Å². The summed E-state index contributed by atoms with van der Waals surface area (Å²) >= 11 is 1.28. The first-order valence-corrected chi connectivity index (χ1v) is 16.5. The summed E-state index contributed by atoms with van der Waals surface area (Å²) in [4.78, 5) is 51.8. The van der Waals surface area contributed by atoms with E-state index in [2.05, 4.69) is 27.4 Å². The van der Waals surface area contributed by atoms with Crippen LogP contribution in [0.25, 0.3) is 0 Å². The molecule has 0 saturated carbocycles. The number of ether oxygens (including phenoxy) is 2. The minimum atomic E-state index is -0.694. The Balaban J connectivity index is 1.46. The molecule has 2 aromatic heterocycles. The summed E-state index contributed by atoms with van der Waals surface area (Å²) in [5.74, 6) is 1.14. The van der Waals surface area contributed by atoms with E-state index in [0.29, 0.717) is 45.9 Å². The average Bonchev–Trinajstić information content (AvgIpc) is 3.39. The van der Waals surface area contributed by atoms with E-state index in [1.807, 2.05) is 45.2 Å². The van der Waals surface area contributed by atoms with Crippen LogP contribution in [0, 0.1) is 12.8 Å². The third-order valence-electron chi connectivity index (χ3n) is 7.14. The zero-order valence-electron chi connectivity index (χ0n) is 28.1. The predicted molar refractivity (Wildman–Crippen MR) is 183 cm³/mol. The predicted octanol–water partition coefficient (Wildman–Crippen LogP) is 7.67. The molecular weight excluding hydrogens is 604 g/mol. The van der Waals surface area contributed by atoms with E-state index in [9.17, 15) is 14.4 Å². The number of anilines is 4. The van der Waals surface area contributed by atoms with Crippen molar-refractivity contribution in [2.24, 2.45) is 5.92 Å². The number of benzene rings is 1. The maximum absolute atomic E-state index is 13.4. The highest BCUT2D eigenvalue weighted by Gasteiger charge is 2.25. The Labute approximate surface area is 275 Å². The van der Waals surface area contributed by atoms with E-state index in [0.717, 1.165) is 31.6 Å². The highest BCUT2D eigenvalue weighted by atomic mass is 32.1. The van der Waals surface area contributed by atoms with Crippen LogP contribution in [0.5, 0.6) is 0 Å². The fourth-order valence-corrected chi connectivity index (χ4v) is 5.57. The van der Waals surface area contributed by atoms with Gasteiger partial charge < -0.3 is 19.7 Å². The van der Waals surface area contributed by atoms with Crippen LogP contribution in [-0.2, 0) is 15.9 Å². The summed E-state index contributed by atoms with van der Waals surface area (Å²) in [6.07, 6.45) is 1.48. The van der Waals surface area contributed by atoms with E-state index in [-0.39, 0.29) is 12.5 Å². The van der Waals surface area contributed by atoms with Crippen molar-refractivity contribution in [3.63, 3.8) is 0 Å². The van der Waals surface area contributed by atoms with Gasteiger partial charge in [-0.1, -0.05) is 6.92 Å². The average molecular weight is 651 g/mol. The maximum Gasteiger partial charge on any atom is 0.414 e. The number of thiazole rings is 1. The summed E-state index contributed by atoms with van der Waals surface area (Å²) in [5.41, 5.74) is 1.99. The molecule has 1 aliphatic rings. The number of aryl methyl sites for hydroxylation is 1. The zero-order valence-corrected chi connectivity index (χ0v) is 28.9. The molecule has 2 N–H and O–H groups in total. The Morgan fingerprint density at radius 3 is 2.22 bits per heavy atom. The Bertz CT molecular complexity index is 1520. The van der Waals surface area contributed by atoms with E-state index in [1.54, 1.807) is 45.0 Å². The molecule has 0 aliphatic carbocycles. The van der Waals surface area contributed by atoms with E-state index in [4.69, 9.17) is 14.5 Å². The molecule has 1 aliphatic heterocycles. The van der Waals surface area contributed by atoms with E-state index in [1.165, 1.54) is 16.2 Å². The molecule has 46 heavy (non-hydrogen) atoms. The minimum absolute atomic E-state index is 0.239. The van der Waals surface area contributed by atoms with Gasteiger partial charge in [-0.15, -0.1) is 11.3 Å². The minimum Gasteiger partial charge on any atom is -0.444 e. The van der Waals surface area contributed by atoms with Gasteiger partial charge in [0.15, 0.2) is 5.13 Å². The van der Waals surface area contributed by atoms with Crippen LogP contribution in [0.1, 0.15) is 83.1 Å². The highest BCUT2D eigenvalue weighted by Crippen LogP contribution is 2.27. The number of pyridine rings is 1. The Hall–Kier alpha value is -4.19.